The fraction of sp³-hybridized carbons (Fsp3) is 0.595. The number of piperazine rings is 1. The van der Waals surface area contributed by atoms with Crippen molar-refractivity contribution < 1.29 is 38.6 Å². The Labute approximate surface area is 309 Å². The molecule has 0 radical (unpaired) electrons. The summed E-state index contributed by atoms with van der Waals surface area (Å²) in [4.78, 5) is 83.1. The zero-order valence-corrected chi connectivity index (χ0v) is 30.5. The summed E-state index contributed by atoms with van der Waals surface area (Å²) in [5, 5.41) is 19.2. The molecule has 3 aliphatic rings. The fourth-order valence-electron chi connectivity index (χ4n) is 6.90. The van der Waals surface area contributed by atoms with E-state index in [2.05, 4.69) is 25.8 Å². The van der Waals surface area contributed by atoms with Crippen molar-refractivity contribution in [3.8, 4) is 11.8 Å². The number of ether oxygens (including phenoxy) is 1. The van der Waals surface area contributed by atoms with Crippen LogP contribution in [-0.2, 0) is 24.0 Å². The van der Waals surface area contributed by atoms with Gasteiger partial charge in [0.25, 0.3) is 0 Å². The first-order valence-electron chi connectivity index (χ1n) is 18.2. The summed E-state index contributed by atoms with van der Waals surface area (Å²) in [5.41, 5.74) is 1.19. The molecule has 0 spiro atoms. The van der Waals surface area contributed by atoms with Crippen LogP contribution in [0.25, 0.3) is 10.9 Å². The molecule has 16 nitrogen and oxygen atoms in total. The number of fused-ring (bicyclic) bond motifs is 1. The molecule has 3 fully saturated rings. The highest BCUT2D eigenvalue weighted by molar-refractivity contribution is 6.08. The summed E-state index contributed by atoms with van der Waals surface area (Å²) in [5.74, 6) is -0.354. The van der Waals surface area contributed by atoms with E-state index < -0.39 is 12.0 Å². The second-order valence-corrected chi connectivity index (χ2v) is 13.6. The van der Waals surface area contributed by atoms with Gasteiger partial charge in [0.15, 0.2) is 5.78 Å². The van der Waals surface area contributed by atoms with E-state index in [0.717, 1.165) is 52.1 Å². The number of amides is 2. The molecule has 0 aliphatic carbocycles. The van der Waals surface area contributed by atoms with E-state index in [4.69, 9.17) is 14.3 Å². The molecule has 16 heteroatoms. The molecule has 0 unspecified atom stereocenters. The Bertz CT molecular complexity index is 1640. The normalized spacial score (nSPS) is 19.2. The van der Waals surface area contributed by atoms with Crippen LogP contribution < -0.4 is 4.74 Å². The number of likely N-dealkylation sites (tertiary alicyclic amines) is 1. The second kappa shape index (κ2) is 21.1. The van der Waals surface area contributed by atoms with Crippen LogP contribution in [-0.4, -0.2) is 181 Å². The van der Waals surface area contributed by atoms with Crippen molar-refractivity contribution >= 4 is 40.6 Å². The largest absolute Gasteiger partial charge is 0.494 e. The van der Waals surface area contributed by atoms with E-state index in [1.807, 2.05) is 35.0 Å². The maximum absolute atomic E-state index is 13.2. The minimum atomic E-state index is -0.829. The first-order chi connectivity index (χ1) is 25.6. The smallest absolute Gasteiger partial charge is 0.373 e. The lowest BCUT2D eigenvalue weighted by molar-refractivity contribution is -0.191. The quantitative estimate of drug-likeness (QED) is 0.224. The maximum Gasteiger partial charge on any atom is 0.373 e. The van der Waals surface area contributed by atoms with Crippen molar-refractivity contribution in [3.05, 3.63) is 36.0 Å². The third-order valence-electron chi connectivity index (χ3n) is 9.96. The number of aromatic nitrogens is 1. The molecule has 1 aromatic heterocycles. The number of carboxylic acids is 1. The summed E-state index contributed by atoms with van der Waals surface area (Å²) < 4.78 is 6.07. The number of Topliss-reactive ketones (excluding diaryl/α,β-unsaturated/α-hetero) is 1. The van der Waals surface area contributed by atoms with Gasteiger partial charge in [0.05, 0.1) is 31.3 Å². The molecule has 3 aliphatic heterocycles. The van der Waals surface area contributed by atoms with E-state index in [1.54, 1.807) is 17.2 Å². The molecule has 3 saturated heterocycles. The summed E-state index contributed by atoms with van der Waals surface area (Å²) in [6.45, 7) is 9.64. The van der Waals surface area contributed by atoms with Gasteiger partial charge >= 0.3 is 12.1 Å². The number of pyridine rings is 1. The molecule has 1 N–H and O–H groups in total. The lowest BCUT2D eigenvalue weighted by Gasteiger charge is -2.36. The van der Waals surface area contributed by atoms with Crippen LogP contribution >= 0.6 is 0 Å². The standard InChI is InChI=1S/C36H50N8O6.CO2/c1-39-13-15-41(17-18-42(16-14-39)27-36(48)49)26-35(47)43-21-19-40(20-22-43)11-3-23-50-29-5-6-32-31(24-29)30(9-10-38-32)33(45)7-8-34(46)44-12-2-4-28(44)25-37;2-1-3/h5-6,9-10,24,28H,2-4,7-8,11-23,26-27H2,1H3,(H,48,49);/t28-;/m0./s1. The maximum atomic E-state index is 13.2. The number of carbonyl (C=O) groups is 4. The lowest BCUT2D eigenvalue weighted by atomic mass is 10.0. The molecule has 5 rings (SSSR count). The predicted octanol–water partition coefficient (Wildman–Crippen LogP) is 0.676. The van der Waals surface area contributed by atoms with Gasteiger partial charge in [-0.15, -0.1) is 0 Å². The molecular weight excluding hydrogens is 684 g/mol. The minimum absolute atomic E-state index is 0.0139. The monoisotopic (exact) mass is 734 g/mol. The summed E-state index contributed by atoms with van der Waals surface area (Å²) >= 11 is 0. The van der Waals surface area contributed by atoms with Crippen LogP contribution in [0, 0.1) is 11.3 Å². The van der Waals surface area contributed by atoms with E-state index in [1.165, 1.54) is 0 Å². The molecule has 2 aromatic rings. The SMILES string of the molecule is CN1CCN(CC(=O)O)CCN(CC(=O)N2CCN(CCCOc3ccc4nccc(C(=O)CCC(=O)N5CCC[C@H]5C#N)c4c3)CC2)CC1.O=C=O. The second-order valence-electron chi connectivity index (χ2n) is 13.6. The van der Waals surface area contributed by atoms with Crippen molar-refractivity contribution in [2.45, 2.75) is 38.1 Å². The van der Waals surface area contributed by atoms with Crippen molar-refractivity contribution in [1.82, 2.24) is 34.4 Å². The molecule has 0 saturated carbocycles. The van der Waals surface area contributed by atoms with E-state index in [0.29, 0.717) is 81.1 Å². The van der Waals surface area contributed by atoms with Crippen LogP contribution in [0.1, 0.15) is 42.5 Å². The first-order valence-corrected chi connectivity index (χ1v) is 18.2. The predicted molar refractivity (Wildman–Crippen MR) is 192 cm³/mol. The third-order valence-corrected chi connectivity index (χ3v) is 9.96. The number of nitrogens with zero attached hydrogens (tertiary/aromatic N) is 8. The number of hydrogen-bond donors (Lipinski definition) is 1. The van der Waals surface area contributed by atoms with Crippen LogP contribution in [0.2, 0.25) is 0 Å². The van der Waals surface area contributed by atoms with Gasteiger partial charge in [-0.05, 0) is 50.6 Å². The topological polar surface area (TPSA) is 188 Å². The molecular formula is C37H50N8O8. The van der Waals surface area contributed by atoms with Gasteiger partial charge in [0.1, 0.15) is 11.8 Å². The Balaban J connectivity index is 0.00000202. The summed E-state index contributed by atoms with van der Waals surface area (Å²) in [6.07, 6.45) is 4.30. The molecule has 4 heterocycles. The van der Waals surface area contributed by atoms with Crippen LogP contribution in [0.4, 0.5) is 0 Å². The zero-order valence-electron chi connectivity index (χ0n) is 30.5. The first kappa shape index (κ1) is 41.0. The number of hydrogen-bond acceptors (Lipinski definition) is 13. The Morgan fingerprint density at radius 3 is 2.21 bits per heavy atom. The Morgan fingerprint density at radius 1 is 0.868 bits per heavy atom. The van der Waals surface area contributed by atoms with Gasteiger partial charge in [-0.25, -0.2) is 0 Å². The van der Waals surface area contributed by atoms with Crippen LogP contribution in [0.15, 0.2) is 30.5 Å². The van der Waals surface area contributed by atoms with E-state index in [9.17, 15) is 29.5 Å². The van der Waals surface area contributed by atoms with Gasteiger partial charge in [0.2, 0.25) is 11.8 Å². The van der Waals surface area contributed by atoms with Crippen molar-refractivity contribution in [2.24, 2.45) is 0 Å². The van der Waals surface area contributed by atoms with Gasteiger partial charge < -0.3 is 24.5 Å². The van der Waals surface area contributed by atoms with Gasteiger partial charge in [-0.1, -0.05) is 0 Å². The Kier molecular flexibility index (Phi) is 16.3. The highest BCUT2D eigenvalue weighted by atomic mass is 16.5. The number of benzene rings is 1. The van der Waals surface area contributed by atoms with Crippen LogP contribution in [0.3, 0.4) is 0 Å². The molecule has 53 heavy (non-hydrogen) atoms. The Hall–Kier alpha value is -4.78. The number of nitriles is 1. The Morgan fingerprint density at radius 2 is 1.53 bits per heavy atom. The van der Waals surface area contributed by atoms with Gasteiger partial charge in [-0.3, -0.25) is 38.9 Å². The number of likely N-dealkylation sites (N-methyl/N-ethyl adjacent to an activating group) is 1. The van der Waals surface area contributed by atoms with Crippen molar-refractivity contribution in [2.75, 3.05) is 105 Å². The summed E-state index contributed by atoms with van der Waals surface area (Å²) in [6, 6.07) is 8.99. The van der Waals surface area contributed by atoms with Gasteiger partial charge in [0, 0.05) is 109 Å². The van der Waals surface area contributed by atoms with Gasteiger partial charge in [-0.2, -0.15) is 14.9 Å². The molecule has 1 aromatic carbocycles. The zero-order chi connectivity index (χ0) is 38.2. The van der Waals surface area contributed by atoms with E-state index in [-0.39, 0.29) is 43.1 Å². The van der Waals surface area contributed by atoms with Crippen molar-refractivity contribution in [3.63, 3.8) is 0 Å². The lowest BCUT2D eigenvalue weighted by Crippen LogP contribution is -2.52. The number of carbonyl (C=O) groups excluding carboxylic acids is 5. The average molecular weight is 735 g/mol. The number of aliphatic carboxylic acids is 1. The molecule has 0 bridgehead atoms. The molecule has 1 atom stereocenters. The number of ketones is 1. The average Bonchev–Trinajstić information content (AvgIpc) is 3.66. The fourth-order valence-corrected chi connectivity index (χ4v) is 6.90. The number of rotatable bonds is 13. The van der Waals surface area contributed by atoms with E-state index >= 15 is 0 Å². The molecule has 2 amide bonds. The highest BCUT2D eigenvalue weighted by Gasteiger charge is 2.29. The number of carboxylic acid groups (broad SMARTS) is 1. The summed E-state index contributed by atoms with van der Waals surface area (Å²) in [7, 11) is 2.03. The highest BCUT2D eigenvalue weighted by Crippen LogP contribution is 2.25. The molecule has 286 valence electrons. The van der Waals surface area contributed by atoms with Crippen LogP contribution in [0.5, 0.6) is 5.75 Å². The minimum Gasteiger partial charge on any atom is -0.494 e. The third kappa shape index (κ3) is 12.7. The van der Waals surface area contributed by atoms with Crippen molar-refractivity contribution in [1.29, 1.82) is 5.26 Å².